The summed E-state index contributed by atoms with van der Waals surface area (Å²) in [4.78, 5) is 7.00. The van der Waals surface area contributed by atoms with E-state index in [1.165, 1.54) is 38.4 Å². The fourth-order valence-corrected chi connectivity index (χ4v) is 6.68. The van der Waals surface area contributed by atoms with Gasteiger partial charge >= 0.3 is 0 Å². The summed E-state index contributed by atoms with van der Waals surface area (Å²) in [6, 6.07) is 58.1. The summed E-state index contributed by atoms with van der Waals surface area (Å²) in [6.45, 7) is 0. The summed E-state index contributed by atoms with van der Waals surface area (Å²) < 4.78 is 6.38. The van der Waals surface area contributed by atoms with Gasteiger partial charge in [-0.25, -0.2) is 4.98 Å². The lowest BCUT2D eigenvalue weighted by Crippen LogP contribution is -2.10. The fraction of sp³-hybridized carbons (Fsp3) is 0. The number of anilines is 3. The second-order valence-corrected chi connectivity index (χ2v) is 11.6. The van der Waals surface area contributed by atoms with Crippen LogP contribution in [-0.2, 0) is 0 Å². The van der Waals surface area contributed by atoms with Gasteiger partial charge in [-0.2, -0.15) is 0 Å². The smallest absolute Gasteiger partial charge is 0.229 e. The van der Waals surface area contributed by atoms with E-state index in [1.54, 1.807) is 0 Å². The molecule has 7 aromatic carbocycles. The van der Waals surface area contributed by atoms with Crippen molar-refractivity contribution < 1.29 is 4.42 Å². The standard InChI is InChI=1S/C43H28N2O/c1-2-9-29(10-3-1)30-17-21-35(22-18-30)45(36-23-19-32(20-24-36)38-16-8-14-31-11-6-7-15-37(31)38)40-25-26-44-43-42(40)39-27-33-12-4-5-13-34(33)28-41(39)46-43/h1-28H. The van der Waals surface area contributed by atoms with Crippen LogP contribution in [0.25, 0.3) is 65.9 Å². The number of aromatic nitrogens is 1. The summed E-state index contributed by atoms with van der Waals surface area (Å²) in [5.41, 5.74) is 9.36. The Labute approximate surface area is 266 Å². The van der Waals surface area contributed by atoms with Crippen LogP contribution in [-0.4, -0.2) is 4.98 Å². The molecule has 216 valence electrons. The van der Waals surface area contributed by atoms with Gasteiger partial charge < -0.3 is 9.32 Å². The average Bonchev–Trinajstić information content (AvgIpc) is 3.49. The largest absolute Gasteiger partial charge is 0.438 e. The molecule has 3 nitrogen and oxygen atoms in total. The molecule has 46 heavy (non-hydrogen) atoms. The highest BCUT2D eigenvalue weighted by molar-refractivity contribution is 6.15. The van der Waals surface area contributed by atoms with Crippen LogP contribution in [0.2, 0.25) is 0 Å². The molecule has 0 unspecified atom stereocenters. The summed E-state index contributed by atoms with van der Waals surface area (Å²) in [6.07, 6.45) is 1.84. The maximum Gasteiger partial charge on any atom is 0.229 e. The summed E-state index contributed by atoms with van der Waals surface area (Å²) in [5, 5.41) is 6.85. The molecule has 9 rings (SSSR count). The van der Waals surface area contributed by atoms with Crippen LogP contribution in [0.5, 0.6) is 0 Å². The molecule has 0 saturated carbocycles. The van der Waals surface area contributed by atoms with Crippen LogP contribution in [0.1, 0.15) is 0 Å². The first kappa shape index (κ1) is 26.2. The van der Waals surface area contributed by atoms with Crippen LogP contribution in [0, 0.1) is 0 Å². The Morgan fingerprint density at radius 2 is 1.07 bits per heavy atom. The van der Waals surface area contributed by atoms with Gasteiger partial charge in [0.1, 0.15) is 5.58 Å². The number of nitrogens with zero attached hydrogens (tertiary/aromatic N) is 2. The van der Waals surface area contributed by atoms with Crippen molar-refractivity contribution in [3.05, 3.63) is 170 Å². The zero-order valence-corrected chi connectivity index (χ0v) is 25.0. The van der Waals surface area contributed by atoms with E-state index in [4.69, 9.17) is 4.42 Å². The van der Waals surface area contributed by atoms with E-state index in [2.05, 4.69) is 174 Å². The Morgan fingerprint density at radius 1 is 0.457 bits per heavy atom. The monoisotopic (exact) mass is 588 g/mol. The normalized spacial score (nSPS) is 11.5. The Bertz CT molecular complexity index is 2510. The number of fused-ring (bicyclic) bond motifs is 5. The first-order valence-electron chi connectivity index (χ1n) is 15.5. The Kier molecular flexibility index (Phi) is 6.14. The van der Waals surface area contributed by atoms with Crippen molar-refractivity contribution in [2.75, 3.05) is 4.90 Å². The molecule has 9 aromatic rings. The van der Waals surface area contributed by atoms with Gasteiger partial charge in [-0.3, -0.25) is 0 Å². The van der Waals surface area contributed by atoms with Gasteiger partial charge in [0.25, 0.3) is 0 Å². The third kappa shape index (κ3) is 4.41. The van der Waals surface area contributed by atoms with Crippen molar-refractivity contribution in [2.24, 2.45) is 0 Å². The molecule has 0 amide bonds. The molecule has 0 atom stereocenters. The number of pyridine rings is 1. The van der Waals surface area contributed by atoms with E-state index >= 15 is 0 Å². The van der Waals surface area contributed by atoms with Crippen molar-refractivity contribution in [1.29, 1.82) is 0 Å². The molecule has 0 N–H and O–H groups in total. The highest BCUT2D eigenvalue weighted by Gasteiger charge is 2.21. The van der Waals surface area contributed by atoms with Crippen molar-refractivity contribution >= 4 is 60.7 Å². The molecule has 0 aliphatic carbocycles. The molecule has 0 fully saturated rings. The number of benzene rings is 7. The molecule has 0 bridgehead atoms. The Balaban J connectivity index is 1.23. The SMILES string of the molecule is c1ccc(-c2ccc(N(c3ccc(-c4cccc5ccccc45)cc3)c3ccnc4oc5cc6ccccc6cc5c34)cc2)cc1. The van der Waals surface area contributed by atoms with Crippen molar-refractivity contribution in [1.82, 2.24) is 4.98 Å². The molecule has 3 heteroatoms. The number of hydrogen-bond acceptors (Lipinski definition) is 3. The molecule has 0 radical (unpaired) electrons. The maximum atomic E-state index is 6.38. The van der Waals surface area contributed by atoms with Crippen LogP contribution >= 0.6 is 0 Å². The molecule has 2 heterocycles. The predicted octanol–water partition coefficient (Wildman–Crippen LogP) is 12.1. The molecule has 0 saturated heterocycles. The van der Waals surface area contributed by atoms with Crippen LogP contribution in [0.3, 0.4) is 0 Å². The van der Waals surface area contributed by atoms with Gasteiger partial charge in [-0.1, -0.05) is 121 Å². The van der Waals surface area contributed by atoms with Gasteiger partial charge in [0.15, 0.2) is 0 Å². The maximum absolute atomic E-state index is 6.38. The molecule has 0 spiro atoms. The van der Waals surface area contributed by atoms with E-state index in [0.29, 0.717) is 5.71 Å². The summed E-state index contributed by atoms with van der Waals surface area (Å²) >= 11 is 0. The molecular formula is C43H28N2O. The van der Waals surface area contributed by atoms with E-state index < -0.39 is 0 Å². The minimum Gasteiger partial charge on any atom is -0.438 e. The third-order valence-corrected chi connectivity index (χ3v) is 8.92. The van der Waals surface area contributed by atoms with Gasteiger partial charge in [0.2, 0.25) is 5.71 Å². The van der Waals surface area contributed by atoms with E-state index in [1.807, 2.05) is 6.20 Å². The highest BCUT2D eigenvalue weighted by Crippen LogP contribution is 2.44. The zero-order chi connectivity index (χ0) is 30.5. The van der Waals surface area contributed by atoms with E-state index in [0.717, 1.165) is 38.8 Å². The number of hydrogen-bond donors (Lipinski definition) is 0. The van der Waals surface area contributed by atoms with E-state index in [9.17, 15) is 0 Å². The highest BCUT2D eigenvalue weighted by atomic mass is 16.3. The van der Waals surface area contributed by atoms with Gasteiger partial charge in [0.05, 0.1) is 11.1 Å². The van der Waals surface area contributed by atoms with Crippen molar-refractivity contribution in [3.8, 4) is 22.3 Å². The minimum absolute atomic E-state index is 0.626. The fourth-order valence-electron chi connectivity index (χ4n) is 6.68. The first-order chi connectivity index (χ1) is 22.8. The van der Waals surface area contributed by atoms with E-state index in [-0.39, 0.29) is 0 Å². The lowest BCUT2D eigenvalue weighted by Gasteiger charge is -2.26. The first-order valence-corrected chi connectivity index (χ1v) is 15.5. The number of furan rings is 1. The Morgan fingerprint density at radius 3 is 1.83 bits per heavy atom. The average molecular weight is 589 g/mol. The molecular weight excluding hydrogens is 560 g/mol. The number of rotatable bonds is 5. The van der Waals surface area contributed by atoms with Crippen molar-refractivity contribution in [3.63, 3.8) is 0 Å². The zero-order valence-electron chi connectivity index (χ0n) is 25.0. The van der Waals surface area contributed by atoms with Crippen molar-refractivity contribution in [2.45, 2.75) is 0 Å². The van der Waals surface area contributed by atoms with Crippen LogP contribution < -0.4 is 4.90 Å². The van der Waals surface area contributed by atoms with Gasteiger partial charge in [-0.15, -0.1) is 0 Å². The molecule has 0 aliphatic rings. The second-order valence-electron chi connectivity index (χ2n) is 11.6. The quantitative estimate of drug-likeness (QED) is 0.200. The predicted molar refractivity (Wildman–Crippen MR) is 192 cm³/mol. The lowest BCUT2D eigenvalue weighted by atomic mass is 9.98. The second kappa shape index (κ2) is 10.8. The third-order valence-electron chi connectivity index (χ3n) is 8.92. The Hall–Kier alpha value is -6.19. The van der Waals surface area contributed by atoms with Crippen LogP contribution in [0.4, 0.5) is 17.1 Å². The molecule has 2 aromatic heterocycles. The van der Waals surface area contributed by atoms with Gasteiger partial charge in [-0.05, 0) is 86.3 Å². The summed E-state index contributed by atoms with van der Waals surface area (Å²) in [5.74, 6) is 0. The lowest BCUT2D eigenvalue weighted by molar-refractivity contribution is 0.654. The topological polar surface area (TPSA) is 29.3 Å². The minimum atomic E-state index is 0.626. The molecule has 0 aliphatic heterocycles. The summed E-state index contributed by atoms with van der Waals surface area (Å²) in [7, 11) is 0. The van der Waals surface area contributed by atoms with Crippen LogP contribution in [0.15, 0.2) is 174 Å². The van der Waals surface area contributed by atoms with Gasteiger partial charge in [0, 0.05) is 23.0 Å².